The van der Waals surface area contributed by atoms with Gasteiger partial charge in [0.1, 0.15) is 0 Å². The van der Waals surface area contributed by atoms with E-state index >= 15 is 0 Å². The predicted molar refractivity (Wildman–Crippen MR) is 78.4 cm³/mol. The molecule has 0 spiro atoms. The Bertz CT molecular complexity index is 667. The van der Waals surface area contributed by atoms with Crippen molar-refractivity contribution in [2.24, 2.45) is 0 Å². The molecule has 124 valence electrons. The third-order valence-corrected chi connectivity index (χ3v) is 3.28. The van der Waals surface area contributed by atoms with E-state index in [4.69, 9.17) is 9.52 Å². The van der Waals surface area contributed by atoms with Gasteiger partial charge < -0.3 is 26.8 Å². The lowest BCUT2D eigenvalue weighted by atomic mass is 10.3. The molecule has 2 aromatic rings. The molecule has 23 heavy (non-hydrogen) atoms. The molecule has 1 N–H and O–H groups in total. The van der Waals surface area contributed by atoms with E-state index in [0.29, 0.717) is 12.3 Å². The second-order valence-electron chi connectivity index (χ2n) is 5.18. The van der Waals surface area contributed by atoms with Crippen LogP contribution in [0.3, 0.4) is 0 Å². The molecule has 0 unspecified atom stereocenters. The molecule has 0 saturated carbocycles. The number of carboxylic acids is 1. The Labute approximate surface area is 140 Å². The fourth-order valence-electron chi connectivity index (χ4n) is 1.95. The van der Waals surface area contributed by atoms with Gasteiger partial charge in [-0.1, -0.05) is 0 Å². The van der Waals surface area contributed by atoms with Crippen LogP contribution in [-0.2, 0) is 11.3 Å². The number of amides is 1. The summed E-state index contributed by atoms with van der Waals surface area (Å²) in [6.07, 6.45) is 3.80. The summed E-state index contributed by atoms with van der Waals surface area (Å²) in [4.78, 5) is 24.0. The third kappa shape index (κ3) is 5.41. The van der Waals surface area contributed by atoms with Gasteiger partial charge in [-0.2, -0.15) is 4.57 Å². The minimum atomic E-state index is -0.935. The lowest BCUT2D eigenvalue weighted by Crippen LogP contribution is -3.00. The number of hydrogen-bond donors (Lipinski definition) is 1. The van der Waals surface area contributed by atoms with Gasteiger partial charge in [0.2, 0.25) is 6.54 Å². The van der Waals surface area contributed by atoms with Crippen LogP contribution in [-0.4, -0.2) is 35.5 Å². The van der Waals surface area contributed by atoms with Crippen LogP contribution >= 0.6 is 0 Å². The first kappa shape index (κ1) is 18.7. The van der Waals surface area contributed by atoms with E-state index < -0.39 is 5.97 Å². The minimum Gasteiger partial charge on any atom is -1.00 e. The molecule has 7 heteroatoms. The highest BCUT2D eigenvalue weighted by atomic mass is 35.5. The summed E-state index contributed by atoms with van der Waals surface area (Å²) in [6.45, 7) is 2.70. The van der Waals surface area contributed by atoms with Crippen LogP contribution in [0.25, 0.3) is 0 Å². The quantitative estimate of drug-likeness (QED) is 0.649. The molecular weight excluding hydrogens is 320 g/mol. The molecule has 0 fully saturated rings. The first-order valence-electron chi connectivity index (χ1n) is 6.97. The fraction of sp³-hybridized carbons (Fsp3) is 0.312. The number of aliphatic carboxylic acids is 1. The van der Waals surface area contributed by atoms with Crippen molar-refractivity contribution in [3.05, 3.63) is 53.7 Å². The molecule has 0 atom stereocenters. The van der Waals surface area contributed by atoms with Crippen LogP contribution in [0.4, 0.5) is 0 Å². The zero-order chi connectivity index (χ0) is 16.1. The fourth-order valence-corrected chi connectivity index (χ4v) is 1.95. The van der Waals surface area contributed by atoms with Crippen molar-refractivity contribution in [3.63, 3.8) is 0 Å². The standard InChI is InChI=1S/C16H18N2O4.ClH/c1-12-5-9-18(10-6-12)11-13-3-4-14(22-13)16(21)17(2)8-7-15(19)20;/h3-6,9-10H,7-8,11H2,1-2H3;1H. The Morgan fingerprint density at radius 3 is 2.48 bits per heavy atom. The van der Waals surface area contributed by atoms with E-state index in [1.165, 1.54) is 10.5 Å². The lowest BCUT2D eigenvalue weighted by molar-refractivity contribution is -0.690. The summed E-state index contributed by atoms with van der Waals surface area (Å²) in [5.74, 6) is -0.364. The molecule has 0 saturated heterocycles. The number of halogens is 1. The summed E-state index contributed by atoms with van der Waals surface area (Å²) in [5, 5.41) is 8.64. The monoisotopic (exact) mass is 338 g/mol. The third-order valence-electron chi connectivity index (χ3n) is 3.28. The second-order valence-corrected chi connectivity index (χ2v) is 5.18. The number of pyridine rings is 1. The number of nitrogens with zero attached hydrogens (tertiary/aromatic N) is 2. The molecule has 2 heterocycles. The summed E-state index contributed by atoms with van der Waals surface area (Å²) < 4.78 is 7.50. The van der Waals surface area contributed by atoms with Gasteiger partial charge in [-0.15, -0.1) is 0 Å². The predicted octanol–water partition coefficient (Wildman–Crippen LogP) is -1.53. The van der Waals surface area contributed by atoms with Crippen LogP contribution in [0.1, 0.15) is 28.3 Å². The highest BCUT2D eigenvalue weighted by Crippen LogP contribution is 2.10. The average Bonchev–Trinajstić information content (AvgIpc) is 2.94. The van der Waals surface area contributed by atoms with Gasteiger partial charge in [-0.25, -0.2) is 0 Å². The number of rotatable bonds is 6. The zero-order valence-electron chi connectivity index (χ0n) is 13.0. The van der Waals surface area contributed by atoms with E-state index in [9.17, 15) is 9.59 Å². The van der Waals surface area contributed by atoms with Gasteiger partial charge in [0, 0.05) is 25.7 Å². The van der Waals surface area contributed by atoms with Gasteiger partial charge >= 0.3 is 5.97 Å². The molecule has 2 aromatic heterocycles. The van der Waals surface area contributed by atoms with Crippen molar-refractivity contribution in [1.82, 2.24) is 4.90 Å². The van der Waals surface area contributed by atoms with Gasteiger partial charge in [0.15, 0.2) is 23.9 Å². The number of aryl methyl sites for hydroxylation is 1. The van der Waals surface area contributed by atoms with Crippen LogP contribution in [0.2, 0.25) is 0 Å². The Kier molecular flexibility index (Phi) is 6.78. The van der Waals surface area contributed by atoms with E-state index in [1.54, 1.807) is 19.2 Å². The maximum absolute atomic E-state index is 12.1. The van der Waals surface area contributed by atoms with Crippen molar-refractivity contribution < 1.29 is 36.1 Å². The Morgan fingerprint density at radius 1 is 1.22 bits per heavy atom. The van der Waals surface area contributed by atoms with Gasteiger partial charge in [-0.05, 0) is 24.6 Å². The normalized spacial score (nSPS) is 10.0. The number of carbonyl (C=O) groups is 2. The van der Waals surface area contributed by atoms with Gasteiger partial charge in [-0.3, -0.25) is 9.59 Å². The summed E-state index contributed by atoms with van der Waals surface area (Å²) in [7, 11) is 1.56. The van der Waals surface area contributed by atoms with Crippen molar-refractivity contribution in [1.29, 1.82) is 0 Å². The molecular formula is C16H19ClN2O4. The number of carboxylic acid groups (broad SMARTS) is 1. The molecule has 6 nitrogen and oxygen atoms in total. The maximum atomic E-state index is 12.1. The number of hydrogen-bond acceptors (Lipinski definition) is 3. The molecule has 0 aliphatic heterocycles. The van der Waals surface area contributed by atoms with E-state index in [0.717, 1.165) is 0 Å². The highest BCUT2D eigenvalue weighted by molar-refractivity contribution is 5.91. The number of aromatic nitrogens is 1. The Balaban J connectivity index is 0.00000264. The van der Waals surface area contributed by atoms with Crippen LogP contribution in [0.5, 0.6) is 0 Å². The van der Waals surface area contributed by atoms with E-state index in [1.807, 2.05) is 36.0 Å². The summed E-state index contributed by atoms with van der Waals surface area (Å²) >= 11 is 0. The lowest BCUT2D eigenvalue weighted by Gasteiger charge is -2.13. The smallest absolute Gasteiger partial charge is 0.305 e. The maximum Gasteiger partial charge on any atom is 0.305 e. The molecule has 0 aliphatic rings. The van der Waals surface area contributed by atoms with Crippen molar-refractivity contribution in [2.75, 3.05) is 13.6 Å². The van der Waals surface area contributed by atoms with E-state index in [-0.39, 0.29) is 37.0 Å². The first-order chi connectivity index (χ1) is 10.5. The molecule has 0 bridgehead atoms. The molecule has 0 aliphatic carbocycles. The van der Waals surface area contributed by atoms with Crippen molar-refractivity contribution in [3.8, 4) is 0 Å². The Morgan fingerprint density at radius 2 is 1.87 bits per heavy atom. The topological polar surface area (TPSA) is 74.6 Å². The summed E-state index contributed by atoms with van der Waals surface area (Å²) in [5.41, 5.74) is 1.17. The highest BCUT2D eigenvalue weighted by Gasteiger charge is 2.17. The SMILES string of the molecule is Cc1cc[n+](Cc2ccc(C(=O)N(C)CCC(=O)O)o2)cc1.[Cl-]. The second kappa shape index (κ2) is 8.33. The largest absolute Gasteiger partial charge is 1.00 e. The minimum absolute atomic E-state index is 0. The Hall–Kier alpha value is -2.34. The molecule has 2 rings (SSSR count). The zero-order valence-corrected chi connectivity index (χ0v) is 13.8. The molecule has 1 amide bonds. The van der Waals surface area contributed by atoms with Crippen molar-refractivity contribution >= 4 is 11.9 Å². The van der Waals surface area contributed by atoms with Crippen LogP contribution in [0.15, 0.2) is 41.1 Å². The first-order valence-corrected chi connectivity index (χ1v) is 6.97. The number of furan rings is 1. The molecule has 0 aromatic carbocycles. The van der Waals surface area contributed by atoms with Gasteiger partial charge in [0.25, 0.3) is 5.91 Å². The number of carbonyl (C=O) groups excluding carboxylic acids is 1. The molecule has 0 radical (unpaired) electrons. The van der Waals surface area contributed by atoms with Crippen molar-refractivity contribution in [2.45, 2.75) is 19.9 Å². The van der Waals surface area contributed by atoms with Crippen LogP contribution in [0, 0.1) is 6.92 Å². The van der Waals surface area contributed by atoms with Crippen LogP contribution < -0.4 is 17.0 Å². The summed E-state index contributed by atoms with van der Waals surface area (Å²) in [6, 6.07) is 7.36. The van der Waals surface area contributed by atoms with E-state index in [2.05, 4.69) is 0 Å². The average molecular weight is 339 g/mol. The van der Waals surface area contributed by atoms with Gasteiger partial charge in [0.05, 0.1) is 6.42 Å².